The van der Waals surface area contributed by atoms with E-state index in [0.29, 0.717) is 0 Å². The second-order valence-electron chi connectivity index (χ2n) is 2.62. The Hall–Kier alpha value is -1.99. The van der Waals surface area contributed by atoms with Crippen molar-refractivity contribution in [2.45, 2.75) is 0 Å². The van der Waals surface area contributed by atoms with Crippen LogP contribution in [0.25, 0.3) is 0 Å². The topological polar surface area (TPSA) is 138 Å². The van der Waals surface area contributed by atoms with Crippen molar-refractivity contribution in [1.82, 2.24) is 0 Å². The molecule has 0 saturated heterocycles. The van der Waals surface area contributed by atoms with Gasteiger partial charge in [-0.2, -0.15) is 0 Å². The van der Waals surface area contributed by atoms with E-state index in [1.165, 1.54) is 0 Å². The third kappa shape index (κ3) is 4.03. The first-order valence-electron chi connectivity index (χ1n) is 4.14. The van der Waals surface area contributed by atoms with E-state index < -0.39 is 23.2 Å². The number of aromatic carboxylic acids is 1. The molecule has 90 valence electrons. The molecule has 0 bridgehead atoms. The maximum Gasteiger partial charge on any atom is 0.335 e. The van der Waals surface area contributed by atoms with Gasteiger partial charge in [-0.05, 0) is 12.1 Å². The number of hydrogen-bond donors (Lipinski definition) is 6. The van der Waals surface area contributed by atoms with Crippen LogP contribution in [-0.2, 0) is 0 Å². The standard InChI is InChI=1S/C7H6O5.C2H6O2/c8-4-1-3(7(11)12)2-5(9)6(4)10;3-1-2-4/h1-2,8-10H,(H,11,12);3-4H,1-2H2. The van der Waals surface area contributed by atoms with Gasteiger partial charge >= 0.3 is 5.97 Å². The summed E-state index contributed by atoms with van der Waals surface area (Å²) in [5.74, 6) is -3.33. The summed E-state index contributed by atoms with van der Waals surface area (Å²) in [6.07, 6.45) is 0. The molecule has 0 spiro atoms. The van der Waals surface area contributed by atoms with E-state index in [0.717, 1.165) is 12.1 Å². The van der Waals surface area contributed by atoms with Crippen LogP contribution in [0.2, 0.25) is 0 Å². The summed E-state index contributed by atoms with van der Waals surface area (Å²) >= 11 is 0. The predicted molar refractivity (Wildman–Crippen MR) is 52.6 cm³/mol. The molecule has 0 aliphatic rings. The minimum atomic E-state index is -1.29. The lowest BCUT2D eigenvalue weighted by molar-refractivity contribution is 0.0696. The molecule has 0 heterocycles. The highest BCUT2D eigenvalue weighted by atomic mass is 16.4. The summed E-state index contributed by atoms with van der Waals surface area (Å²) in [6.45, 7) is -0.250. The highest BCUT2D eigenvalue weighted by Gasteiger charge is 2.11. The molecule has 0 amide bonds. The SMILES string of the molecule is O=C(O)c1cc(O)c(O)c(O)c1.OCCO. The quantitative estimate of drug-likeness (QED) is 0.377. The Bertz CT molecular complexity index is 336. The molecule has 7 heteroatoms. The molecule has 0 saturated carbocycles. The maximum absolute atomic E-state index is 10.3. The number of carbonyl (C=O) groups is 1. The number of phenols is 3. The molecule has 0 aromatic heterocycles. The monoisotopic (exact) mass is 232 g/mol. The Morgan fingerprint density at radius 2 is 1.38 bits per heavy atom. The van der Waals surface area contributed by atoms with Gasteiger partial charge in [0.25, 0.3) is 0 Å². The van der Waals surface area contributed by atoms with E-state index in [4.69, 9.17) is 30.6 Å². The number of rotatable bonds is 2. The van der Waals surface area contributed by atoms with Crippen molar-refractivity contribution in [2.24, 2.45) is 0 Å². The fraction of sp³-hybridized carbons (Fsp3) is 0.222. The van der Waals surface area contributed by atoms with Crippen molar-refractivity contribution in [2.75, 3.05) is 13.2 Å². The Morgan fingerprint density at radius 1 is 1.00 bits per heavy atom. The van der Waals surface area contributed by atoms with Gasteiger partial charge in [-0.25, -0.2) is 4.79 Å². The Balaban J connectivity index is 0.000000487. The van der Waals surface area contributed by atoms with Crippen molar-refractivity contribution >= 4 is 5.97 Å². The summed E-state index contributed by atoms with van der Waals surface area (Å²) < 4.78 is 0. The molecule has 0 radical (unpaired) electrons. The normalized spacial score (nSPS) is 9.12. The molecule has 6 N–H and O–H groups in total. The average molecular weight is 232 g/mol. The van der Waals surface area contributed by atoms with E-state index in [2.05, 4.69) is 0 Å². The lowest BCUT2D eigenvalue weighted by atomic mass is 10.2. The van der Waals surface area contributed by atoms with Crippen molar-refractivity contribution in [1.29, 1.82) is 0 Å². The van der Waals surface area contributed by atoms with Crippen LogP contribution in [0.15, 0.2) is 12.1 Å². The Labute approximate surface area is 90.5 Å². The average Bonchev–Trinajstić information content (AvgIpc) is 2.25. The van der Waals surface area contributed by atoms with Crippen molar-refractivity contribution in [3.05, 3.63) is 17.7 Å². The smallest absolute Gasteiger partial charge is 0.335 e. The minimum absolute atomic E-state index is 0.125. The second kappa shape index (κ2) is 6.49. The van der Waals surface area contributed by atoms with E-state index in [1.54, 1.807) is 0 Å². The van der Waals surface area contributed by atoms with Gasteiger partial charge < -0.3 is 30.6 Å². The van der Waals surface area contributed by atoms with Crippen LogP contribution in [0.1, 0.15) is 10.4 Å². The molecular formula is C9H12O7. The van der Waals surface area contributed by atoms with Gasteiger partial charge in [0, 0.05) is 0 Å². The van der Waals surface area contributed by atoms with Crippen LogP contribution in [-0.4, -0.2) is 49.8 Å². The van der Waals surface area contributed by atoms with Gasteiger partial charge in [-0.15, -0.1) is 0 Å². The molecule has 1 aromatic rings. The van der Waals surface area contributed by atoms with Crippen LogP contribution in [0, 0.1) is 0 Å². The third-order valence-corrected chi connectivity index (χ3v) is 1.42. The fourth-order valence-corrected chi connectivity index (χ4v) is 0.728. The van der Waals surface area contributed by atoms with Gasteiger partial charge in [-0.1, -0.05) is 0 Å². The molecule has 7 nitrogen and oxygen atoms in total. The predicted octanol–water partition coefficient (Wildman–Crippen LogP) is -0.527. The molecule has 0 atom stereocenters. The van der Waals surface area contributed by atoms with Crippen molar-refractivity contribution < 1.29 is 35.4 Å². The first-order valence-corrected chi connectivity index (χ1v) is 4.14. The van der Waals surface area contributed by atoms with Crippen LogP contribution in [0.4, 0.5) is 0 Å². The zero-order valence-corrected chi connectivity index (χ0v) is 8.16. The molecule has 0 aliphatic carbocycles. The highest BCUT2D eigenvalue weighted by molar-refractivity contribution is 5.89. The maximum atomic E-state index is 10.3. The summed E-state index contributed by atoms with van der Waals surface area (Å²) in [5.41, 5.74) is -0.289. The number of phenolic OH excluding ortho intramolecular Hbond substituents is 3. The lowest BCUT2D eigenvalue weighted by Gasteiger charge is -2.01. The van der Waals surface area contributed by atoms with Crippen LogP contribution < -0.4 is 0 Å². The van der Waals surface area contributed by atoms with Gasteiger partial charge in [0.05, 0.1) is 18.8 Å². The zero-order chi connectivity index (χ0) is 12.7. The number of benzene rings is 1. The lowest BCUT2D eigenvalue weighted by Crippen LogP contribution is -1.95. The Morgan fingerprint density at radius 3 is 1.62 bits per heavy atom. The van der Waals surface area contributed by atoms with Crippen LogP contribution >= 0.6 is 0 Å². The molecular weight excluding hydrogens is 220 g/mol. The second-order valence-corrected chi connectivity index (χ2v) is 2.62. The number of carboxylic acid groups (broad SMARTS) is 1. The number of aromatic hydroxyl groups is 3. The third-order valence-electron chi connectivity index (χ3n) is 1.42. The summed E-state index contributed by atoms with van der Waals surface area (Å²) in [6, 6.07) is 1.69. The van der Waals surface area contributed by atoms with Crippen LogP contribution in [0.5, 0.6) is 17.2 Å². The largest absolute Gasteiger partial charge is 0.504 e. The van der Waals surface area contributed by atoms with Crippen molar-refractivity contribution in [3.63, 3.8) is 0 Å². The first-order chi connectivity index (χ1) is 7.43. The van der Waals surface area contributed by atoms with Gasteiger partial charge in [0.1, 0.15) is 0 Å². The van der Waals surface area contributed by atoms with E-state index in [-0.39, 0.29) is 18.8 Å². The summed E-state index contributed by atoms with van der Waals surface area (Å²) in [7, 11) is 0. The van der Waals surface area contributed by atoms with Gasteiger partial charge in [0.15, 0.2) is 17.2 Å². The van der Waals surface area contributed by atoms with Gasteiger partial charge in [0.2, 0.25) is 0 Å². The summed E-state index contributed by atoms with van der Waals surface area (Å²) in [5, 5.41) is 50.2. The number of aliphatic hydroxyl groups is 2. The van der Waals surface area contributed by atoms with E-state index in [1.807, 2.05) is 0 Å². The molecule has 1 rings (SSSR count). The molecule has 0 aliphatic heterocycles. The molecule has 1 aromatic carbocycles. The van der Waals surface area contributed by atoms with Gasteiger partial charge in [-0.3, -0.25) is 0 Å². The fourth-order valence-electron chi connectivity index (χ4n) is 0.728. The minimum Gasteiger partial charge on any atom is -0.504 e. The highest BCUT2D eigenvalue weighted by Crippen LogP contribution is 2.35. The Kier molecular flexibility index (Phi) is 5.68. The zero-order valence-electron chi connectivity index (χ0n) is 8.16. The van der Waals surface area contributed by atoms with Crippen LogP contribution in [0.3, 0.4) is 0 Å². The number of aliphatic hydroxyl groups excluding tert-OH is 2. The molecule has 0 fully saturated rings. The summed E-state index contributed by atoms with van der Waals surface area (Å²) in [4.78, 5) is 10.3. The van der Waals surface area contributed by atoms with E-state index >= 15 is 0 Å². The molecule has 0 unspecified atom stereocenters. The van der Waals surface area contributed by atoms with Crippen molar-refractivity contribution in [3.8, 4) is 17.2 Å². The number of hydrogen-bond acceptors (Lipinski definition) is 6. The first kappa shape index (κ1) is 14.0. The van der Waals surface area contributed by atoms with E-state index in [9.17, 15) is 4.79 Å². The molecule has 16 heavy (non-hydrogen) atoms. The number of carboxylic acids is 1.